The quantitative estimate of drug-likeness (QED) is 0.384. The van der Waals surface area contributed by atoms with Crippen molar-refractivity contribution < 1.29 is 24.2 Å². The molecule has 0 aliphatic carbocycles. The number of methoxy groups -OCH3 is 1. The van der Waals surface area contributed by atoms with Crippen molar-refractivity contribution in [2.45, 2.75) is 71.1 Å². The number of unbranched alkanes of at least 4 members (excludes halogenated alkanes) is 6. The van der Waals surface area contributed by atoms with Crippen molar-refractivity contribution in [2.75, 3.05) is 13.7 Å². The van der Waals surface area contributed by atoms with Crippen LogP contribution in [0, 0.1) is 6.92 Å². The minimum atomic E-state index is -0.717. The minimum Gasteiger partial charge on any atom is -0.504 e. The number of phenols is 1. The zero-order chi connectivity index (χ0) is 23.5. The number of amides is 1. The first kappa shape index (κ1) is 25.3. The van der Waals surface area contributed by atoms with Crippen molar-refractivity contribution in [1.29, 1.82) is 0 Å². The van der Waals surface area contributed by atoms with E-state index in [1.54, 1.807) is 19.1 Å². The van der Waals surface area contributed by atoms with Gasteiger partial charge in [0.25, 0.3) is 0 Å². The maximum atomic E-state index is 12.7. The van der Waals surface area contributed by atoms with E-state index in [1.807, 2.05) is 0 Å². The van der Waals surface area contributed by atoms with Gasteiger partial charge in [0.05, 0.1) is 13.0 Å². The number of nitrogens with one attached hydrogen (secondary N) is 1. The summed E-state index contributed by atoms with van der Waals surface area (Å²) >= 11 is 0. The van der Waals surface area contributed by atoms with Gasteiger partial charge in [-0.2, -0.15) is 0 Å². The van der Waals surface area contributed by atoms with Gasteiger partial charge in [0, 0.05) is 19.0 Å². The van der Waals surface area contributed by atoms with Crippen molar-refractivity contribution in [3.8, 4) is 17.2 Å². The highest BCUT2D eigenvalue weighted by molar-refractivity contribution is 5.77. The molecule has 0 aliphatic rings. The zero-order valence-corrected chi connectivity index (χ0v) is 19.3. The van der Waals surface area contributed by atoms with E-state index >= 15 is 0 Å². The minimum absolute atomic E-state index is 0.0221. The second-order valence-corrected chi connectivity index (χ2v) is 8.09. The van der Waals surface area contributed by atoms with Crippen molar-refractivity contribution in [3.05, 3.63) is 51.6 Å². The van der Waals surface area contributed by atoms with Crippen LogP contribution in [0.3, 0.4) is 0 Å². The van der Waals surface area contributed by atoms with E-state index in [4.69, 9.17) is 9.15 Å². The molecule has 3 N–H and O–H groups in total. The predicted octanol–water partition coefficient (Wildman–Crippen LogP) is 4.76. The van der Waals surface area contributed by atoms with E-state index in [1.165, 1.54) is 44.9 Å². The third-order valence-electron chi connectivity index (χ3n) is 5.49. The van der Waals surface area contributed by atoms with Crippen LogP contribution in [0.4, 0.5) is 0 Å². The van der Waals surface area contributed by atoms with Crippen molar-refractivity contribution in [2.24, 2.45) is 0 Å². The van der Waals surface area contributed by atoms with Crippen LogP contribution in [0.15, 0.2) is 33.5 Å². The number of aryl methyl sites for hydroxylation is 1. The maximum absolute atomic E-state index is 12.7. The van der Waals surface area contributed by atoms with Crippen LogP contribution in [0.2, 0.25) is 0 Å². The van der Waals surface area contributed by atoms with Crippen molar-refractivity contribution >= 4 is 5.91 Å². The van der Waals surface area contributed by atoms with Crippen molar-refractivity contribution in [1.82, 2.24) is 5.32 Å². The molecule has 0 aliphatic heterocycles. The lowest BCUT2D eigenvalue weighted by molar-refractivity contribution is -0.121. The summed E-state index contributed by atoms with van der Waals surface area (Å²) in [5, 5.41) is 23.2. The summed E-state index contributed by atoms with van der Waals surface area (Å²) in [6, 6.07) is 5.84. The summed E-state index contributed by atoms with van der Waals surface area (Å²) in [5.41, 5.74) is 0.0118. The number of hydrogen-bond acceptors (Lipinski definition) is 6. The third kappa shape index (κ3) is 7.32. The molecule has 7 heteroatoms. The number of carbonyl (C=O) groups excluding carboxylic acids is 1. The van der Waals surface area contributed by atoms with Gasteiger partial charge < -0.3 is 24.7 Å². The third-order valence-corrected chi connectivity index (χ3v) is 5.49. The Morgan fingerprint density at radius 1 is 1.09 bits per heavy atom. The Morgan fingerprint density at radius 2 is 1.78 bits per heavy atom. The molecule has 2 rings (SSSR count). The van der Waals surface area contributed by atoms with Crippen molar-refractivity contribution in [3.63, 3.8) is 0 Å². The molecule has 7 nitrogen and oxygen atoms in total. The van der Waals surface area contributed by atoms with Gasteiger partial charge in [-0.3, -0.25) is 9.59 Å². The predicted molar refractivity (Wildman–Crippen MR) is 124 cm³/mol. The van der Waals surface area contributed by atoms with Gasteiger partial charge >= 0.3 is 0 Å². The summed E-state index contributed by atoms with van der Waals surface area (Å²) in [5.74, 6) is -0.912. The van der Waals surface area contributed by atoms with E-state index < -0.39 is 17.1 Å². The van der Waals surface area contributed by atoms with Crippen LogP contribution in [0.25, 0.3) is 0 Å². The molecule has 1 aromatic heterocycles. The van der Waals surface area contributed by atoms with Gasteiger partial charge in [-0.25, -0.2) is 0 Å². The molecule has 0 saturated carbocycles. The fourth-order valence-corrected chi connectivity index (χ4v) is 3.70. The Balaban J connectivity index is 2.11. The summed E-state index contributed by atoms with van der Waals surface area (Å²) in [7, 11) is 1.42. The molecule has 1 unspecified atom stereocenters. The Morgan fingerprint density at radius 3 is 2.47 bits per heavy atom. The Labute approximate surface area is 189 Å². The molecule has 0 radical (unpaired) electrons. The van der Waals surface area contributed by atoms with Gasteiger partial charge in [-0.1, -0.05) is 51.5 Å². The molecule has 0 fully saturated rings. The summed E-state index contributed by atoms with van der Waals surface area (Å²) in [6.07, 6.45) is 8.07. The number of phenolic OH excluding ortho intramolecular Hbond substituents is 1. The van der Waals surface area contributed by atoms with Gasteiger partial charge in [0.1, 0.15) is 5.76 Å². The topological polar surface area (TPSA) is 109 Å². The number of benzene rings is 1. The van der Waals surface area contributed by atoms with Gasteiger partial charge in [-0.05, 0) is 31.0 Å². The van der Waals surface area contributed by atoms with E-state index in [-0.39, 0.29) is 29.6 Å². The SMILES string of the molecule is CCCCCCCCCNC(=O)CC(c1ccc(O)c(OC)c1)c1oc(C)cc(=O)c1O. The average Bonchev–Trinajstić information content (AvgIpc) is 2.77. The smallest absolute Gasteiger partial charge is 0.227 e. The van der Waals surface area contributed by atoms with Crippen LogP contribution in [-0.2, 0) is 4.79 Å². The highest BCUT2D eigenvalue weighted by Crippen LogP contribution is 2.37. The molecule has 0 saturated heterocycles. The van der Waals surface area contributed by atoms with Crippen LogP contribution in [-0.4, -0.2) is 29.8 Å². The fraction of sp³-hybridized carbons (Fsp3) is 0.520. The lowest BCUT2D eigenvalue weighted by Gasteiger charge is -2.19. The standard InChI is InChI=1S/C25H35NO6/c1-4-5-6-7-8-9-10-13-26-23(29)16-19(18-11-12-20(27)22(15-18)31-3)25-24(30)21(28)14-17(2)32-25/h11-12,14-15,19,27,30H,4-10,13,16H2,1-3H3,(H,26,29). The average molecular weight is 446 g/mol. The van der Waals surface area contributed by atoms with E-state index in [0.29, 0.717) is 17.9 Å². The van der Waals surface area contributed by atoms with Crippen LogP contribution in [0.5, 0.6) is 17.2 Å². The first-order valence-electron chi connectivity index (χ1n) is 11.3. The van der Waals surface area contributed by atoms with Crippen LogP contribution < -0.4 is 15.5 Å². The highest BCUT2D eigenvalue weighted by Gasteiger charge is 2.26. The van der Waals surface area contributed by atoms with Crippen LogP contribution >= 0.6 is 0 Å². The van der Waals surface area contributed by atoms with Crippen LogP contribution in [0.1, 0.15) is 81.3 Å². The number of carbonyl (C=O) groups is 1. The Bertz CT molecular complexity index is 937. The van der Waals surface area contributed by atoms with E-state index in [0.717, 1.165) is 19.3 Å². The molecule has 1 heterocycles. The maximum Gasteiger partial charge on any atom is 0.227 e. The normalized spacial score (nSPS) is 11.8. The second-order valence-electron chi connectivity index (χ2n) is 8.09. The summed E-state index contributed by atoms with van der Waals surface area (Å²) in [4.78, 5) is 24.8. The zero-order valence-electron chi connectivity index (χ0n) is 19.3. The molecule has 32 heavy (non-hydrogen) atoms. The number of rotatable bonds is 13. The number of aromatic hydroxyl groups is 2. The lowest BCUT2D eigenvalue weighted by Crippen LogP contribution is -2.26. The first-order chi connectivity index (χ1) is 15.4. The van der Waals surface area contributed by atoms with E-state index in [9.17, 15) is 19.8 Å². The molecule has 0 spiro atoms. The molecule has 1 aromatic carbocycles. The lowest BCUT2D eigenvalue weighted by atomic mass is 9.91. The number of hydrogen-bond donors (Lipinski definition) is 3. The first-order valence-corrected chi connectivity index (χ1v) is 11.3. The largest absolute Gasteiger partial charge is 0.504 e. The van der Waals surface area contributed by atoms with E-state index in [2.05, 4.69) is 12.2 Å². The van der Waals surface area contributed by atoms with Gasteiger partial charge in [-0.15, -0.1) is 0 Å². The monoisotopic (exact) mass is 445 g/mol. The molecular formula is C25H35NO6. The molecule has 0 bridgehead atoms. The molecule has 2 aromatic rings. The second kappa shape index (κ2) is 12.8. The molecule has 176 valence electrons. The number of ether oxygens (including phenoxy) is 1. The Hall–Kier alpha value is -2.96. The van der Waals surface area contributed by atoms with Gasteiger partial charge in [0.2, 0.25) is 17.1 Å². The van der Waals surface area contributed by atoms with Gasteiger partial charge in [0.15, 0.2) is 17.3 Å². The highest BCUT2D eigenvalue weighted by atomic mass is 16.5. The Kier molecular flexibility index (Phi) is 10.1. The molecular weight excluding hydrogens is 410 g/mol. The molecule has 1 atom stereocenters. The molecule has 1 amide bonds. The fourth-order valence-electron chi connectivity index (χ4n) is 3.70. The summed E-state index contributed by atoms with van der Waals surface area (Å²) < 4.78 is 10.8. The summed E-state index contributed by atoms with van der Waals surface area (Å²) in [6.45, 7) is 4.38.